The summed E-state index contributed by atoms with van der Waals surface area (Å²) in [5, 5.41) is 2.69. The fourth-order valence-electron chi connectivity index (χ4n) is 1.38. The smallest absolute Gasteiger partial charge is 0.258 e. The minimum atomic E-state index is -0.220. The van der Waals surface area contributed by atoms with Crippen LogP contribution in [-0.2, 0) is 0 Å². The maximum absolute atomic E-state index is 12.1. The third-order valence-electron chi connectivity index (χ3n) is 2.30. The van der Waals surface area contributed by atoms with Crippen LogP contribution in [0.4, 0.5) is 5.82 Å². The van der Waals surface area contributed by atoms with E-state index in [-0.39, 0.29) is 5.91 Å². The molecule has 1 aromatic heterocycles. The van der Waals surface area contributed by atoms with Gasteiger partial charge in [-0.2, -0.15) is 0 Å². The van der Waals surface area contributed by atoms with Crippen LogP contribution in [0.1, 0.15) is 15.9 Å². The van der Waals surface area contributed by atoms with Crippen molar-refractivity contribution < 1.29 is 4.79 Å². The normalized spacial score (nSPS) is 10.2. The molecule has 0 radical (unpaired) electrons. The number of aryl methyl sites for hydroxylation is 1. The van der Waals surface area contributed by atoms with Crippen LogP contribution in [0, 0.1) is 6.92 Å². The third kappa shape index (κ3) is 2.94. The monoisotopic (exact) mass is 369 g/mol. The van der Waals surface area contributed by atoms with Gasteiger partial charge in [0.25, 0.3) is 5.91 Å². The Morgan fingerprint density at radius 2 is 2.00 bits per heavy atom. The van der Waals surface area contributed by atoms with Crippen molar-refractivity contribution in [2.75, 3.05) is 5.32 Å². The van der Waals surface area contributed by atoms with E-state index in [1.54, 1.807) is 6.07 Å². The molecule has 1 N–H and O–H groups in total. The molecule has 0 atom stereocenters. The number of anilines is 1. The molecule has 1 heterocycles. The van der Waals surface area contributed by atoms with Gasteiger partial charge in [-0.1, -0.05) is 12.1 Å². The average Bonchev–Trinajstić information content (AvgIpc) is 2.35. The molecule has 2 rings (SSSR count). The Bertz CT molecular complexity index is 584. The highest BCUT2D eigenvalue weighted by atomic mass is 79.9. The third-order valence-corrected chi connectivity index (χ3v) is 3.76. The van der Waals surface area contributed by atoms with Crippen LogP contribution in [0.5, 0.6) is 0 Å². The van der Waals surface area contributed by atoms with E-state index in [4.69, 9.17) is 0 Å². The number of aromatic nitrogens is 2. The molecule has 1 amide bonds. The zero-order valence-corrected chi connectivity index (χ0v) is 12.6. The largest absolute Gasteiger partial charge is 0.305 e. The van der Waals surface area contributed by atoms with Crippen LogP contribution in [0.25, 0.3) is 0 Å². The van der Waals surface area contributed by atoms with Gasteiger partial charge in [0.2, 0.25) is 0 Å². The maximum Gasteiger partial charge on any atom is 0.258 e. The summed E-state index contributed by atoms with van der Waals surface area (Å²) in [6, 6.07) is 5.52. The van der Waals surface area contributed by atoms with Gasteiger partial charge in [0.05, 0.1) is 18.0 Å². The molecule has 0 saturated carbocycles. The summed E-state index contributed by atoms with van der Waals surface area (Å²) in [6.07, 6.45) is 3.02. The van der Waals surface area contributed by atoms with Crippen LogP contribution in [-0.4, -0.2) is 15.9 Å². The minimum absolute atomic E-state index is 0.220. The van der Waals surface area contributed by atoms with Crippen molar-refractivity contribution in [3.8, 4) is 0 Å². The molecule has 0 fully saturated rings. The second-order valence-electron chi connectivity index (χ2n) is 3.61. The van der Waals surface area contributed by atoms with E-state index in [0.717, 1.165) is 10.0 Å². The van der Waals surface area contributed by atoms with Crippen molar-refractivity contribution in [2.45, 2.75) is 6.92 Å². The number of nitrogens with zero attached hydrogens (tertiary/aromatic N) is 2. The molecule has 2 aromatic rings. The highest BCUT2D eigenvalue weighted by molar-refractivity contribution is 9.10. The Kier molecular flexibility index (Phi) is 4.08. The number of hydrogen-bond donors (Lipinski definition) is 1. The zero-order chi connectivity index (χ0) is 13.1. The molecule has 18 heavy (non-hydrogen) atoms. The van der Waals surface area contributed by atoms with E-state index in [1.807, 2.05) is 19.1 Å². The van der Waals surface area contributed by atoms with E-state index in [0.29, 0.717) is 16.0 Å². The fourth-order valence-corrected chi connectivity index (χ4v) is 2.03. The van der Waals surface area contributed by atoms with Gasteiger partial charge >= 0.3 is 0 Å². The molecule has 92 valence electrons. The minimum Gasteiger partial charge on any atom is -0.305 e. The molecule has 0 saturated heterocycles. The number of carbonyl (C=O) groups excluding carboxylic acids is 1. The Balaban J connectivity index is 2.22. The van der Waals surface area contributed by atoms with Gasteiger partial charge in [0.15, 0.2) is 5.82 Å². The predicted octanol–water partition coefficient (Wildman–Crippen LogP) is 3.56. The van der Waals surface area contributed by atoms with Crippen LogP contribution < -0.4 is 5.32 Å². The standard InChI is InChI=1S/C12H9Br2N3O/c1-7-3-2-4-8(11(7)14)12(18)17-10-6-15-9(13)5-16-10/h2-6H,1H3,(H,16,17,18). The van der Waals surface area contributed by atoms with Gasteiger partial charge in [0, 0.05) is 4.47 Å². The lowest BCUT2D eigenvalue weighted by Gasteiger charge is -2.07. The number of nitrogens with one attached hydrogen (secondary N) is 1. The van der Waals surface area contributed by atoms with Crippen molar-refractivity contribution >= 4 is 43.6 Å². The van der Waals surface area contributed by atoms with Gasteiger partial charge in [-0.05, 0) is 50.4 Å². The van der Waals surface area contributed by atoms with E-state index in [2.05, 4.69) is 47.1 Å². The lowest BCUT2D eigenvalue weighted by atomic mass is 10.1. The van der Waals surface area contributed by atoms with Gasteiger partial charge in [-0.15, -0.1) is 0 Å². The topological polar surface area (TPSA) is 54.9 Å². The highest BCUT2D eigenvalue weighted by Crippen LogP contribution is 2.21. The van der Waals surface area contributed by atoms with Crippen molar-refractivity contribution in [1.82, 2.24) is 9.97 Å². The van der Waals surface area contributed by atoms with Crippen molar-refractivity contribution in [3.63, 3.8) is 0 Å². The van der Waals surface area contributed by atoms with Crippen molar-refractivity contribution in [3.05, 3.63) is 50.8 Å². The molecule has 0 unspecified atom stereocenters. The van der Waals surface area contributed by atoms with Crippen molar-refractivity contribution in [1.29, 1.82) is 0 Å². The first-order chi connectivity index (χ1) is 8.58. The van der Waals surface area contributed by atoms with Crippen LogP contribution in [0.2, 0.25) is 0 Å². The molecule has 0 aliphatic rings. The summed E-state index contributed by atoms with van der Waals surface area (Å²) in [7, 11) is 0. The Morgan fingerprint density at radius 1 is 1.22 bits per heavy atom. The molecule has 0 aliphatic heterocycles. The summed E-state index contributed by atoms with van der Waals surface area (Å²) >= 11 is 6.59. The number of hydrogen-bond acceptors (Lipinski definition) is 3. The first kappa shape index (κ1) is 13.2. The lowest BCUT2D eigenvalue weighted by molar-refractivity contribution is 0.102. The van der Waals surface area contributed by atoms with Gasteiger partial charge in [-0.25, -0.2) is 9.97 Å². The van der Waals surface area contributed by atoms with Crippen LogP contribution >= 0.6 is 31.9 Å². The molecule has 4 nitrogen and oxygen atoms in total. The summed E-state index contributed by atoms with van der Waals surface area (Å²) in [6.45, 7) is 1.93. The molecule has 1 aromatic carbocycles. The molecular weight excluding hydrogens is 362 g/mol. The predicted molar refractivity (Wildman–Crippen MR) is 76.6 cm³/mol. The zero-order valence-electron chi connectivity index (χ0n) is 9.45. The molecule has 0 spiro atoms. The van der Waals surface area contributed by atoms with E-state index in [1.165, 1.54) is 12.4 Å². The fraction of sp³-hybridized carbons (Fsp3) is 0.0833. The first-order valence-corrected chi connectivity index (χ1v) is 6.70. The number of benzene rings is 1. The van der Waals surface area contributed by atoms with E-state index >= 15 is 0 Å². The molecule has 6 heteroatoms. The average molecular weight is 371 g/mol. The Labute approximate surface area is 121 Å². The van der Waals surface area contributed by atoms with E-state index in [9.17, 15) is 4.79 Å². The second-order valence-corrected chi connectivity index (χ2v) is 5.22. The number of halogens is 2. The van der Waals surface area contributed by atoms with E-state index < -0.39 is 0 Å². The Hall–Kier alpha value is -1.27. The number of amides is 1. The summed E-state index contributed by atoms with van der Waals surface area (Å²) in [4.78, 5) is 20.1. The number of carbonyl (C=O) groups is 1. The summed E-state index contributed by atoms with van der Waals surface area (Å²) in [5.41, 5.74) is 1.57. The SMILES string of the molecule is Cc1cccc(C(=O)Nc2cnc(Br)cn2)c1Br. The second kappa shape index (κ2) is 5.58. The van der Waals surface area contributed by atoms with Gasteiger partial charge < -0.3 is 5.32 Å². The first-order valence-electron chi connectivity index (χ1n) is 5.12. The van der Waals surface area contributed by atoms with Crippen LogP contribution in [0.15, 0.2) is 39.7 Å². The quantitative estimate of drug-likeness (QED) is 0.879. The maximum atomic E-state index is 12.1. The lowest BCUT2D eigenvalue weighted by Crippen LogP contribution is -2.14. The van der Waals surface area contributed by atoms with Crippen molar-refractivity contribution in [2.24, 2.45) is 0 Å². The molecular formula is C12H9Br2N3O. The summed E-state index contributed by atoms with van der Waals surface area (Å²) < 4.78 is 1.41. The highest BCUT2D eigenvalue weighted by Gasteiger charge is 2.11. The Morgan fingerprint density at radius 3 is 2.67 bits per heavy atom. The van der Waals surface area contributed by atoms with Crippen LogP contribution in [0.3, 0.4) is 0 Å². The number of rotatable bonds is 2. The van der Waals surface area contributed by atoms with Gasteiger partial charge in [0.1, 0.15) is 4.60 Å². The molecule has 0 bridgehead atoms. The summed E-state index contributed by atoms with van der Waals surface area (Å²) in [5.74, 6) is 0.193. The van der Waals surface area contributed by atoms with Gasteiger partial charge in [-0.3, -0.25) is 4.79 Å². The molecule has 0 aliphatic carbocycles.